The number of amidine groups is 1. The monoisotopic (exact) mass is 364 g/mol. The second kappa shape index (κ2) is 6.96. The molecule has 0 atom stereocenters. The van der Waals surface area contributed by atoms with Crippen LogP contribution in [0.1, 0.15) is 36.5 Å². The Morgan fingerprint density at radius 2 is 1.96 bits per heavy atom. The molecule has 0 saturated heterocycles. The maximum atomic E-state index is 11.5. The quantitative estimate of drug-likeness (QED) is 0.864. The maximum Gasteiger partial charge on any atom is 0.228 e. The summed E-state index contributed by atoms with van der Waals surface area (Å²) in [5.41, 5.74) is 9.22. The first-order valence-electron chi connectivity index (χ1n) is 8.65. The van der Waals surface area contributed by atoms with Gasteiger partial charge in [0.05, 0.1) is 17.8 Å². The molecular weight excluding hydrogens is 344 g/mol. The van der Waals surface area contributed by atoms with Crippen molar-refractivity contribution in [1.29, 1.82) is 0 Å². The van der Waals surface area contributed by atoms with E-state index in [1.54, 1.807) is 11.8 Å². The van der Waals surface area contributed by atoms with E-state index in [4.69, 9.17) is 0 Å². The predicted octanol–water partition coefficient (Wildman–Crippen LogP) is 4.03. The third-order valence-electron chi connectivity index (χ3n) is 4.49. The number of hydrogen-bond acceptors (Lipinski definition) is 4. The van der Waals surface area contributed by atoms with E-state index in [0.29, 0.717) is 12.3 Å². The number of rotatable bonds is 3. The fourth-order valence-corrected chi connectivity index (χ4v) is 3.77. The van der Waals surface area contributed by atoms with Crippen LogP contribution in [-0.2, 0) is 11.2 Å². The molecule has 2 aromatic carbocycles. The second-order valence-corrected chi connectivity index (χ2v) is 7.68. The molecule has 2 N–H and O–H groups in total. The standard InChI is InChI=1S/C20H20N4OS/c1-12(2)13-3-6-16(7-4-13)21-20-24-23-18(11-26-20)14-5-8-17-15(9-14)10-19(25)22-17/h3-9,12H,10-11H2,1-2H3,(H,21,24)(H,22,25). The van der Waals surface area contributed by atoms with E-state index in [0.717, 1.165) is 39.1 Å². The molecule has 0 spiro atoms. The summed E-state index contributed by atoms with van der Waals surface area (Å²) in [4.78, 5) is 16.1. The fourth-order valence-electron chi connectivity index (χ4n) is 2.98. The molecule has 0 saturated carbocycles. The highest BCUT2D eigenvalue weighted by Gasteiger charge is 2.20. The molecule has 0 aromatic heterocycles. The van der Waals surface area contributed by atoms with E-state index in [2.05, 4.69) is 46.8 Å². The van der Waals surface area contributed by atoms with Crippen molar-refractivity contribution in [1.82, 2.24) is 5.43 Å². The summed E-state index contributed by atoms with van der Waals surface area (Å²) in [6.45, 7) is 4.36. The van der Waals surface area contributed by atoms with Gasteiger partial charge in [-0.05, 0) is 46.9 Å². The van der Waals surface area contributed by atoms with E-state index in [1.165, 1.54) is 5.56 Å². The Balaban J connectivity index is 1.48. The van der Waals surface area contributed by atoms with Crippen molar-refractivity contribution in [2.75, 3.05) is 11.1 Å². The van der Waals surface area contributed by atoms with Gasteiger partial charge < -0.3 is 5.32 Å². The zero-order valence-corrected chi connectivity index (χ0v) is 15.6. The summed E-state index contributed by atoms with van der Waals surface area (Å²) in [5, 5.41) is 8.13. The topological polar surface area (TPSA) is 65.8 Å². The summed E-state index contributed by atoms with van der Waals surface area (Å²) >= 11 is 1.63. The third kappa shape index (κ3) is 3.51. The van der Waals surface area contributed by atoms with Crippen molar-refractivity contribution in [2.24, 2.45) is 10.1 Å². The lowest BCUT2D eigenvalue weighted by Crippen LogP contribution is -2.25. The van der Waals surface area contributed by atoms with E-state index < -0.39 is 0 Å². The molecule has 2 aromatic rings. The van der Waals surface area contributed by atoms with E-state index in [1.807, 2.05) is 30.3 Å². The van der Waals surface area contributed by atoms with E-state index in [-0.39, 0.29) is 5.91 Å². The number of nitrogens with one attached hydrogen (secondary N) is 2. The molecule has 132 valence electrons. The van der Waals surface area contributed by atoms with Crippen LogP contribution in [0.25, 0.3) is 0 Å². The van der Waals surface area contributed by atoms with Gasteiger partial charge in [-0.15, -0.1) is 0 Å². The van der Waals surface area contributed by atoms with Crippen LogP contribution < -0.4 is 10.7 Å². The Hall–Kier alpha value is -2.60. The molecular formula is C20H20N4OS. The minimum absolute atomic E-state index is 0.0492. The Bertz CT molecular complexity index is 916. The van der Waals surface area contributed by atoms with Crippen molar-refractivity contribution in [3.8, 4) is 0 Å². The minimum Gasteiger partial charge on any atom is -0.326 e. The van der Waals surface area contributed by atoms with Crippen molar-refractivity contribution in [3.05, 3.63) is 59.2 Å². The third-order valence-corrected chi connectivity index (χ3v) is 5.36. The van der Waals surface area contributed by atoms with Crippen LogP contribution in [0.5, 0.6) is 0 Å². The van der Waals surface area contributed by atoms with Crippen LogP contribution in [0.15, 0.2) is 52.6 Å². The molecule has 4 rings (SSSR count). The van der Waals surface area contributed by atoms with Gasteiger partial charge in [0.15, 0.2) is 5.17 Å². The van der Waals surface area contributed by atoms with Crippen LogP contribution in [-0.4, -0.2) is 22.5 Å². The van der Waals surface area contributed by atoms with Crippen LogP contribution >= 0.6 is 11.8 Å². The number of fused-ring (bicyclic) bond motifs is 1. The molecule has 6 heteroatoms. The van der Waals surface area contributed by atoms with Crippen LogP contribution in [0.2, 0.25) is 0 Å². The summed E-state index contributed by atoms with van der Waals surface area (Å²) < 4.78 is 0. The molecule has 0 unspecified atom stereocenters. The van der Waals surface area contributed by atoms with Gasteiger partial charge in [0.25, 0.3) is 0 Å². The zero-order valence-electron chi connectivity index (χ0n) is 14.7. The second-order valence-electron chi connectivity index (χ2n) is 6.72. The Morgan fingerprint density at radius 1 is 1.15 bits per heavy atom. The van der Waals surface area contributed by atoms with Gasteiger partial charge in [-0.3, -0.25) is 10.2 Å². The zero-order chi connectivity index (χ0) is 18.1. The van der Waals surface area contributed by atoms with Crippen molar-refractivity contribution in [3.63, 3.8) is 0 Å². The smallest absolute Gasteiger partial charge is 0.228 e. The number of hydrogen-bond donors (Lipinski definition) is 2. The number of amides is 1. The molecule has 0 radical (unpaired) electrons. The van der Waals surface area contributed by atoms with Gasteiger partial charge in [-0.25, -0.2) is 4.99 Å². The molecule has 2 heterocycles. The molecule has 2 aliphatic heterocycles. The number of thioether (sulfide) groups is 1. The molecule has 0 aliphatic carbocycles. The fraction of sp³-hybridized carbons (Fsp3) is 0.250. The van der Waals surface area contributed by atoms with Crippen molar-refractivity contribution < 1.29 is 4.79 Å². The molecule has 2 aliphatic rings. The van der Waals surface area contributed by atoms with Gasteiger partial charge in [-0.2, -0.15) is 5.10 Å². The normalized spacial score (nSPS) is 17.7. The van der Waals surface area contributed by atoms with Gasteiger partial charge in [-0.1, -0.05) is 43.8 Å². The molecule has 26 heavy (non-hydrogen) atoms. The minimum atomic E-state index is 0.0492. The van der Waals surface area contributed by atoms with Gasteiger partial charge in [0.1, 0.15) is 0 Å². The van der Waals surface area contributed by atoms with Gasteiger partial charge in [0, 0.05) is 11.4 Å². The predicted molar refractivity (Wildman–Crippen MR) is 109 cm³/mol. The highest BCUT2D eigenvalue weighted by atomic mass is 32.2. The number of hydrazone groups is 1. The van der Waals surface area contributed by atoms with Crippen LogP contribution in [0.4, 0.5) is 11.4 Å². The summed E-state index contributed by atoms with van der Waals surface area (Å²) in [7, 11) is 0. The summed E-state index contributed by atoms with van der Waals surface area (Å²) in [6, 6.07) is 14.3. The highest BCUT2D eigenvalue weighted by molar-refractivity contribution is 8.14. The van der Waals surface area contributed by atoms with Crippen LogP contribution in [0, 0.1) is 0 Å². The molecule has 5 nitrogen and oxygen atoms in total. The summed E-state index contributed by atoms with van der Waals surface area (Å²) in [5.74, 6) is 1.31. The van der Waals surface area contributed by atoms with E-state index in [9.17, 15) is 4.79 Å². The molecule has 0 bridgehead atoms. The first-order valence-corrected chi connectivity index (χ1v) is 9.64. The van der Waals surface area contributed by atoms with Crippen LogP contribution in [0.3, 0.4) is 0 Å². The number of nitrogens with zero attached hydrogens (tertiary/aromatic N) is 2. The van der Waals surface area contributed by atoms with Crippen molar-refractivity contribution >= 4 is 39.9 Å². The first kappa shape index (κ1) is 16.8. The number of aliphatic imine (C=N–C) groups is 1. The average molecular weight is 364 g/mol. The highest BCUT2D eigenvalue weighted by Crippen LogP contribution is 2.26. The number of carbonyl (C=O) groups excluding carboxylic acids is 1. The lowest BCUT2D eigenvalue weighted by molar-refractivity contribution is -0.115. The Morgan fingerprint density at radius 3 is 2.65 bits per heavy atom. The maximum absolute atomic E-state index is 11.5. The first-order chi connectivity index (χ1) is 12.6. The lowest BCUT2D eigenvalue weighted by atomic mass is 10.0. The average Bonchev–Trinajstić information content (AvgIpc) is 3.02. The molecule has 0 fully saturated rings. The SMILES string of the molecule is CC(C)c1ccc(N=C2NN=C(c3ccc4c(c3)CC(=O)N4)CS2)cc1. The Kier molecular flexibility index (Phi) is 4.51. The van der Waals surface area contributed by atoms with Gasteiger partial charge in [0.2, 0.25) is 5.91 Å². The largest absolute Gasteiger partial charge is 0.326 e. The van der Waals surface area contributed by atoms with Gasteiger partial charge >= 0.3 is 0 Å². The Labute approximate surface area is 157 Å². The lowest BCUT2D eigenvalue weighted by Gasteiger charge is -2.15. The number of benzene rings is 2. The summed E-state index contributed by atoms with van der Waals surface area (Å²) in [6.07, 6.45) is 0.441. The molecule has 1 amide bonds. The van der Waals surface area contributed by atoms with Crippen molar-refractivity contribution in [2.45, 2.75) is 26.2 Å². The number of carbonyl (C=O) groups is 1. The number of anilines is 1. The van der Waals surface area contributed by atoms with E-state index >= 15 is 0 Å².